The summed E-state index contributed by atoms with van der Waals surface area (Å²) in [4.78, 5) is 20.5. The molecule has 0 aromatic rings. The molecule has 0 saturated carbocycles. The van der Waals surface area contributed by atoms with E-state index in [0.29, 0.717) is 0 Å². The van der Waals surface area contributed by atoms with E-state index in [-0.39, 0.29) is 29.4 Å². The maximum atomic E-state index is 10.3. The first-order chi connectivity index (χ1) is 6.45. The second kappa shape index (κ2) is 11.3. The van der Waals surface area contributed by atoms with Gasteiger partial charge in [0.25, 0.3) is 0 Å². The zero-order chi connectivity index (χ0) is 11.1. The summed E-state index contributed by atoms with van der Waals surface area (Å²) in [6.07, 6.45) is 0. The number of carboxylic acids is 2. The fourth-order valence-electron chi connectivity index (χ4n) is 0.385. The lowest BCUT2D eigenvalue weighted by Gasteiger charge is -2.07. The van der Waals surface area contributed by atoms with E-state index >= 15 is 0 Å². The molecule has 0 aliphatic heterocycles. The van der Waals surface area contributed by atoms with Crippen molar-refractivity contribution in [1.29, 1.82) is 0 Å². The SMILES string of the molecule is Cl.NC(CSSC[C@H](N)C(=O)O)C(=O)O.O. The molecule has 0 aromatic carbocycles. The molecule has 7 nitrogen and oxygen atoms in total. The van der Waals surface area contributed by atoms with Crippen LogP contribution < -0.4 is 11.5 Å². The van der Waals surface area contributed by atoms with Crippen LogP contribution in [0.15, 0.2) is 0 Å². The molecule has 0 rings (SSSR count). The number of carbonyl (C=O) groups is 2. The van der Waals surface area contributed by atoms with Gasteiger partial charge in [-0.05, 0) is 0 Å². The number of hydrogen-bond acceptors (Lipinski definition) is 6. The Kier molecular flexibility index (Phi) is 14.9. The fourth-order valence-corrected chi connectivity index (χ4v) is 2.61. The van der Waals surface area contributed by atoms with Crippen molar-refractivity contribution in [3.8, 4) is 0 Å². The molecule has 0 fully saturated rings. The van der Waals surface area contributed by atoms with Crippen LogP contribution in [0.1, 0.15) is 0 Å². The van der Waals surface area contributed by atoms with Gasteiger partial charge >= 0.3 is 11.9 Å². The lowest BCUT2D eigenvalue weighted by Crippen LogP contribution is -2.33. The zero-order valence-electron chi connectivity index (χ0n) is 8.16. The van der Waals surface area contributed by atoms with Gasteiger partial charge in [-0.2, -0.15) is 0 Å². The van der Waals surface area contributed by atoms with Crippen LogP contribution >= 0.6 is 34.0 Å². The molecule has 2 atom stereocenters. The summed E-state index contributed by atoms with van der Waals surface area (Å²) in [5.74, 6) is -1.68. The largest absolute Gasteiger partial charge is 0.480 e. The van der Waals surface area contributed by atoms with Crippen molar-refractivity contribution in [2.45, 2.75) is 12.1 Å². The van der Waals surface area contributed by atoms with Gasteiger partial charge < -0.3 is 27.2 Å². The third-order valence-corrected chi connectivity index (χ3v) is 3.69. The van der Waals surface area contributed by atoms with Crippen molar-refractivity contribution >= 4 is 45.9 Å². The number of hydrogen-bond donors (Lipinski definition) is 4. The van der Waals surface area contributed by atoms with Crippen molar-refractivity contribution in [2.24, 2.45) is 11.5 Å². The van der Waals surface area contributed by atoms with Crippen LogP contribution in [-0.2, 0) is 9.59 Å². The van der Waals surface area contributed by atoms with Gasteiger partial charge in [0.15, 0.2) is 0 Å². The van der Waals surface area contributed by atoms with E-state index in [1.165, 1.54) is 21.6 Å². The predicted molar refractivity (Wildman–Crippen MR) is 67.0 cm³/mol. The van der Waals surface area contributed by atoms with Crippen molar-refractivity contribution in [2.75, 3.05) is 11.5 Å². The second-order valence-corrected chi connectivity index (χ2v) is 5.01. The highest BCUT2D eigenvalue weighted by atomic mass is 35.5. The summed E-state index contributed by atoms with van der Waals surface area (Å²) in [7, 11) is 2.41. The number of rotatable bonds is 7. The molecular weight excluding hydrogens is 280 g/mol. The van der Waals surface area contributed by atoms with Gasteiger partial charge in [-0.1, -0.05) is 21.6 Å². The van der Waals surface area contributed by atoms with Crippen molar-refractivity contribution in [1.82, 2.24) is 0 Å². The van der Waals surface area contributed by atoms with Crippen LogP contribution in [0.25, 0.3) is 0 Å². The summed E-state index contributed by atoms with van der Waals surface area (Å²) in [5, 5.41) is 16.8. The molecule has 0 spiro atoms. The van der Waals surface area contributed by atoms with E-state index in [9.17, 15) is 9.59 Å². The Labute approximate surface area is 106 Å². The highest BCUT2D eigenvalue weighted by Gasteiger charge is 2.14. The van der Waals surface area contributed by atoms with Gasteiger partial charge in [0, 0.05) is 11.5 Å². The highest BCUT2D eigenvalue weighted by molar-refractivity contribution is 8.76. The molecule has 10 heteroatoms. The predicted octanol–water partition coefficient (Wildman–Crippen LogP) is -1.21. The van der Waals surface area contributed by atoms with Gasteiger partial charge in [0.05, 0.1) is 0 Å². The summed E-state index contributed by atoms with van der Waals surface area (Å²) in [5.41, 5.74) is 10.4. The lowest BCUT2D eigenvalue weighted by molar-refractivity contribution is -0.138. The van der Waals surface area contributed by atoms with E-state index in [4.69, 9.17) is 21.7 Å². The molecule has 0 bridgehead atoms. The van der Waals surface area contributed by atoms with Crippen LogP contribution in [0, 0.1) is 0 Å². The Bertz CT molecular complexity index is 199. The first-order valence-electron chi connectivity index (χ1n) is 3.66. The van der Waals surface area contributed by atoms with Crippen LogP contribution in [0.5, 0.6) is 0 Å². The third-order valence-electron chi connectivity index (χ3n) is 1.21. The molecule has 0 heterocycles. The maximum Gasteiger partial charge on any atom is 0.321 e. The molecule has 1 unspecified atom stereocenters. The fraction of sp³-hybridized carbons (Fsp3) is 0.667. The molecular formula is C6H15ClN2O5S2. The Morgan fingerprint density at radius 3 is 1.44 bits per heavy atom. The molecule has 0 aliphatic rings. The van der Waals surface area contributed by atoms with E-state index in [1.807, 2.05) is 0 Å². The van der Waals surface area contributed by atoms with Crippen molar-refractivity contribution in [3.05, 3.63) is 0 Å². The standard InChI is InChI=1S/C6H12N2O4S2.ClH.H2O/c7-3(5(9)10)1-13-14-2-4(8)6(11)12;;/h3-4H,1-2,7-8H2,(H,9,10)(H,11,12);1H;1H2/t3-,4?;;/m0../s1. The maximum absolute atomic E-state index is 10.3. The number of nitrogens with two attached hydrogens (primary N) is 2. The second-order valence-electron chi connectivity index (χ2n) is 2.46. The molecule has 0 amide bonds. The lowest BCUT2D eigenvalue weighted by atomic mass is 10.4. The van der Waals surface area contributed by atoms with E-state index in [2.05, 4.69) is 0 Å². The number of halogens is 1. The van der Waals surface area contributed by atoms with E-state index < -0.39 is 24.0 Å². The van der Waals surface area contributed by atoms with Gasteiger partial charge in [0.1, 0.15) is 12.1 Å². The Balaban J connectivity index is -0.000000845. The summed E-state index contributed by atoms with van der Waals surface area (Å²) in [6.45, 7) is 0. The number of carboxylic acid groups (broad SMARTS) is 2. The van der Waals surface area contributed by atoms with Gasteiger partial charge in [0.2, 0.25) is 0 Å². The molecule has 0 radical (unpaired) electrons. The normalized spacial score (nSPS) is 12.9. The Hall–Kier alpha value is -0.190. The van der Waals surface area contributed by atoms with Gasteiger partial charge in [-0.3, -0.25) is 9.59 Å². The minimum atomic E-state index is -1.07. The first kappa shape index (κ1) is 21.1. The molecule has 98 valence electrons. The first-order valence-corrected chi connectivity index (χ1v) is 6.15. The Morgan fingerprint density at radius 1 is 1.00 bits per heavy atom. The van der Waals surface area contributed by atoms with Gasteiger partial charge in [-0.15, -0.1) is 12.4 Å². The molecule has 0 aromatic heterocycles. The monoisotopic (exact) mass is 294 g/mol. The zero-order valence-corrected chi connectivity index (χ0v) is 10.6. The summed E-state index contributed by atoms with van der Waals surface area (Å²) >= 11 is 0. The number of aliphatic carboxylic acids is 2. The highest BCUT2D eigenvalue weighted by Crippen LogP contribution is 2.22. The van der Waals surface area contributed by atoms with Gasteiger partial charge in [-0.25, -0.2) is 0 Å². The Morgan fingerprint density at radius 2 is 1.25 bits per heavy atom. The summed E-state index contributed by atoms with van der Waals surface area (Å²) < 4.78 is 0. The van der Waals surface area contributed by atoms with Crippen LogP contribution in [0.4, 0.5) is 0 Å². The quantitative estimate of drug-likeness (QED) is 0.336. The minimum Gasteiger partial charge on any atom is -0.480 e. The molecule has 8 N–H and O–H groups in total. The van der Waals surface area contributed by atoms with Crippen LogP contribution in [-0.4, -0.2) is 51.2 Å². The van der Waals surface area contributed by atoms with Crippen molar-refractivity contribution < 1.29 is 25.3 Å². The van der Waals surface area contributed by atoms with Crippen molar-refractivity contribution in [3.63, 3.8) is 0 Å². The van der Waals surface area contributed by atoms with E-state index in [0.717, 1.165) is 0 Å². The van der Waals surface area contributed by atoms with E-state index in [1.54, 1.807) is 0 Å². The topological polar surface area (TPSA) is 158 Å². The molecule has 16 heavy (non-hydrogen) atoms. The third kappa shape index (κ3) is 10.3. The molecule has 0 aliphatic carbocycles. The average molecular weight is 295 g/mol. The average Bonchev–Trinajstić information content (AvgIpc) is 2.11. The smallest absolute Gasteiger partial charge is 0.321 e. The minimum absolute atomic E-state index is 0. The summed E-state index contributed by atoms with van der Waals surface area (Å²) in [6, 6.07) is -1.85. The molecule has 0 saturated heterocycles. The van der Waals surface area contributed by atoms with Crippen LogP contribution in [0.3, 0.4) is 0 Å². The van der Waals surface area contributed by atoms with Crippen LogP contribution in [0.2, 0.25) is 0 Å².